The number of halogens is 2. The van der Waals surface area contributed by atoms with Gasteiger partial charge in [0.25, 0.3) is 0 Å². The summed E-state index contributed by atoms with van der Waals surface area (Å²) in [6.07, 6.45) is 0. The first kappa shape index (κ1) is 11.7. The molecule has 3 nitrogen and oxygen atoms in total. The number of benzene rings is 1. The molecule has 2 N–H and O–H groups in total. The van der Waals surface area contributed by atoms with E-state index in [1.165, 1.54) is 0 Å². The van der Waals surface area contributed by atoms with Crippen molar-refractivity contribution >= 4 is 29.1 Å². The van der Waals surface area contributed by atoms with Crippen molar-refractivity contribution in [3.8, 4) is 0 Å². The summed E-state index contributed by atoms with van der Waals surface area (Å²) >= 11 is 11.8. The monoisotopic (exact) mass is 258 g/mol. The zero-order chi connectivity index (χ0) is 11.5. The quantitative estimate of drug-likeness (QED) is 0.869. The average Bonchev–Trinajstić information content (AvgIpc) is 2.13. The summed E-state index contributed by atoms with van der Waals surface area (Å²) in [5.41, 5.74) is 0.881. The van der Waals surface area contributed by atoms with Gasteiger partial charge in [0.1, 0.15) is 0 Å². The minimum atomic E-state index is 0.0739. The molecule has 0 bridgehead atoms. The van der Waals surface area contributed by atoms with Gasteiger partial charge in [0.15, 0.2) is 0 Å². The third kappa shape index (κ3) is 2.67. The number of carbonyl (C=O) groups is 1. The second-order valence-electron chi connectivity index (χ2n) is 3.81. The minimum absolute atomic E-state index is 0.0739. The van der Waals surface area contributed by atoms with Gasteiger partial charge in [-0.1, -0.05) is 29.3 Å². The molecule has 0 saturated carbocycles. The first-order chi connectivity index (χ1) is 7.66. The Balaban J connectivity index is 1.91. The molecule has 0 atom stereocenters. The van der Waals surface area contributed by atoms with Crippen molar-refractivity contribution in [3.63, 3.8) is 0 Å². The zero-order valence-corrected chi connectivity index (χ0v) is 10.1. The molecule has 5 heteroatoms. The van der Waals surface area contributed by atoms with E-state index in [1.54, 1.807) is 12.1 Å². The van der Waals surface area contributed by atoms with Gasteiger partial charge in [0.2, 0.25) is 5.91 Å². The Bertz CT molecular complexity index is 405. The summed E-state index contributed by atoms with van der Waals surface area (Å²) in [7, 11) is 0. The van der Waals surface area contributed by atoms with Gasteiger partial charge in [-0.25, -0.2) is 0 Å². The van der Waals surface area contributed by atoms with Crippen molar-refractivity contribution < 1.29 is 4.79 Å². The number of carbonyl (C=O) groups excluding carboxylic acids is 1. The van der Waals surface area contributed by atoms with Crippen LogP contribution in [0.2, 0.25) is 10.0 Å². The van der Waals surface area contributed by atoms with E-state index in [2.05, 4.69) is 10.6 Å². The van der Waals surface area contributed by atoms with Gasteiger partial charge >= 0.3 is 0 Å². The fraction of sp³-hybridized carbons (Fsp3) is 0.364. The second kappa shape index (κ2) is 5.04. The van der Waals surface area contributed by atoms with Crippen molar-refractivity contribution in [2.75, 3.05) is 13.1 Å². The summed E-state index contributed by atoms with van der Waals surface area (Å²) in [4.78, 5) is 11.6. The molecule has 16 heavy (non-hydrogen) atoms. The van der Waals surface area contributed by atoms with Crippen LogP contribution in [0.4, 0.5) is 0 Å². The van der Waals surface area contributed by atoms with E-state index in [1.807, 2.05) is 6.07 Å². The number of rotatable bonds is 3. The Kier molecular flexibility index (Phi) is 3.69. The Morgan fingerprint density at radius 2 is 2.19 bits per heavy atom. The lowest BCUT2D eigenvalue weighted by atomic mass is 10.0. The van der Waals surface area contributed by atoms with Crippen LogP contribution in [0.3, 0.4) is 0 Å². The molecule has 0 aliphatic carbocycles. The summed E-state index contributed by atoms with van der Waals surface area (Å²) in [5.74, 6) is 0.177. The molecule has 1 aliphatic rings. The average molecular weight is 259 g/mol. The first-order valence-corrected chi connectivity index (χ1v) is 5.85. The molecule has 1 amide bonds. The lowest BCUT2D eigenvalue weighted by molar-refractivity contribution is -0.126. The van der Waals surface area contributed by atoms with E-state index in [4.69, 9.17) is 23.2 Å². The molecule has 86 valence electrons. The molecule has 0 aromatic heterocycles. The standard InChI is InChI=1S/C11H12Cl2N2O/c12-9-2-1-7(10(13)3-9)6-15-11(16)8-4-14-5-8/h1-3,8,14H,4-6H2,(H,15,16). The lowest BCUT2D eigenvalue weighted by Gasteiger charge is -2.25. The Morgan fingerprint density at radius 3 is 2.75 bits per heavy atom. The molecule has 2 rings (SSSR count). The Morgan fingerprint density at radius 1 is 1.44 bits per heavy atom. The van der Waals surface area contributed by atoms with Crippen LogP contribution in [-0.2, 0) is 11.3 Å². The van der Waals surface area contributed by atoms with Gasteiger partial charge in [-0.15, -0.1) is 0 Å². The van der Waals surface area contributed by atoms with E-state index >= 15 is 0 Å². The number of hydrogen-bond acceptors (Lipinski definition) is 2. The molecule has 1 saturated heterocycles. The summed E-state index contributed by atoms with van der Waals surface area (Å²) in [5, 5.41) is 7.09. The Labute approximate surface area is 104 Å². The van der Waals surface area contributed by atoms with Gasteiger partial charge in [-0.2, -0.15) is 0 Å². The highest BCUT2D eigenvalue weighted by molar-refractivity contribution is 6.35. The van der Waals surface area contributed by atoms with E-state index in [-0.39, 0.29) is 11.8 Å². The highest BCUT2D eigenvalue weighted by Crippen LogP contribution is 2.20. The lowest BCUT2D eigenvalue weighted by Crippen LogP contribution is -2.50. The van der Waals surface area contributed by atoms with Crippen LogP contribution < -0.4 is 10.6 Å². The smallest absolute Gasteiger partial charge is 0.225 e. The zero-order valence-electron chi connectivity index (χ0n) is 8.59. The molecule has 1 heterocycles. The third-order valence-electron chi connectivity index (χ3n) is 2.62. The number of amides is 1. The molecule has 0 radical (unpaired) electrons. The number of nitrogens with one attached hydrogen (secondary N) is 2. The highest BCUT2D eigenvalue weighted by atomic mass is 35.5. The third-order valence-corrected chi connectivity index (χ3v) is 3.21. The van der Waals surface area contributed by atoms with Gasteiger partial charge < -0.3 is 10.6 Å². The normalized spacial score (nSPS) is 15.6. The molecular formula is C11H12Cl2N2O. The van der Waals surface area contributed by atoms with Crippen LogP contribution in [-0.4, -0.2) is 19.0 Å². The molecule has 1 fully saturated rings. The van der Waals surface area contributed by atoms with Crippen LogP contribution in [0.1, 0.15) is 5.56 Å². The van der Waals surface area contributed by atoms with Crippen LogP contribution in [0, 0.1) is 5.92 Å². The molecule has 1 aromatic rings. The predicted molar refractivity (Wildman–Crippen MR) is 64.7 cm³/mol. The summed E-state index contributed by atoms with van der Waals surface area (Å²) in [6, 6.07) is 5.26. The highest BCUT2D eigenvalue weighted by Gasteiger charge is 2.24. The van der Waals surface area contributed by atoms with Gasteiger partial charge in [0, 0.05) is 29.7 Å². The maximum atomic E-state index is 11.6. The second-order valence-corrected chi connectivity index (χ2v) is 4.65. The van der Waals surface area contributed by atoms with Crippen molar-refractivity contribution in [3.05, 3.63) is 33.8 Å². The fourth-order valence-electron chi connectivity index (χ4n) is 1.47. The van der Waals surface area contributed by atoms with Crippen LogP contribution in [0.15, 0.2) is 18.2 Å². The Hall–Kier alpha value is -0.770. The molecule has 0 unspecified atom stereocenters. The van der Waals surface area contributed by atoms with Gasteiger partial charge in [0.05, 0.1) is 5.92 Å². The predicted octanol–water partition coefficient (Wildman–Crippen LogP) is 1.83. The molecular weight excluding hydrogens is 247 g/mol. The summed E-state index contributed by atoms with van der Waals surface area (Å²) < 4.78 is 0. The van der Waals surface area contributed by atoms with Crippen molar-refractivity contribution in [2.45, 2.75) is 6.54 Å². The van der Waals surface area contributed by atoms with Gasteiger partial charge in [-0.3, -0.25) is 4.79 Å². The maximum Gasteiger partial charge on any atom is 0.225 e. The van der Waals surface area contributed by atoms with Crippen molar-refractivity contribution in [1.29, 1.82) is 0 Å². The van der Waals surface area contributed by atoms with Crippen LogP contribution >= 0.6 is 23.2 Å². The molecule has 0 spiro atoms. The fourth-order valence-corrected chi connectivity index (χ4v) is 1.94. The van der Waals surface area contributed by atoms with Crippen molar-refractivity contribution in [1.82, 2.24) is 10.6 Å². The van der Waals surface area contributed by atoms with E-state index in [0.717, 1.165) is 18.7 Å². The van der Waals surface area contributed by atoms with E-state index in [9.17, 15) is 4.79 Å². The van der Waals surface area contributed by atoms with Gasteiger partial charge in [-0.05, 0) is 17.7 Å². The SMILES string of the molecule is O=C(NCc1ccc(Cl)cc1Cl)C1CNC1. The minimum Gasteiger partial charge on any atom is -0.352 e. The first-order valence-electron chi connectivity index (χ1n) is 5.09. The molecule has 1 aromatic carbocycles. The number of hydrogen-bond donors (Lipinski definition) is 2. The van der Waals surface area contributed by atoms with Crippen LogP contribution in [0.25, 0.3) is 0 Å². The van der Waals surface area contributed by atoms with E-state index in [0.29, 0.717) is 16.6 Å². The summed E-state index contributed by atoms with van der Waals surface area (Å²) in [6.45, 7) is 1.98. The maximum absolute atomic E-state index is 11.6. The van der Waals surface area contributed by atoms with E-state index < -0.39 is 0 Å². The van der Waals surface area contributed by atoms with Crippen LogP contribution in [0.5, 0.6) is 0 Å². The topological polar surface area (TPSA) is 41.1 Å². The molecule has 1 aliphatic heterocycles. The van der Waals surface area contributed by atoms with Crippen molar-refractivity contribution in [2.24, 2.45) is 5.92 Å². The largest absolute Gasteiger partial charge is 0.352 e.